The first-order chi connectivity index (χ1) is 5.72. The van der Waals surface area contributed by atoms with Gasteiger partial charge in [0.15, 0.2) is 0 Å². The van der Waals surface area contributed by atoms with Gasteiger partial charge in [-0.1, -0.05) is 6.07 Å². The summed E-state index contributed by atoms with van der Waals surface area (Å²) in [5.74, 6) is 0.610. The van der Waals surface area contributed by atoms with Gasteiger partial charge in [-0.2, -0.15) is 0 Å². The zero-order valence-electron chi connectivity index (χ0n) is 6.83. The molecule has 0 spiro atoms. The third-order valence-corrected chi connectivity index (χ3v) is 1.37. The first kappa shape index (κ1) is 8.84. The Balaban J connectivity index is 2.63. The van der Waals surface area contributed by atoms with Crippen molar-refractivity contribution in [3.63, 3.8) is 0 Å². The van der Waals surface area contributed by atoms with E-state index in [1.165, 1.54) is 12.1 Å². The highest BCUT2D eigenvalue weighted by Crippen LogP contribution is 2.18. The smallest absolute Gasteiger partial charge is 0.126 e. The highest BCUT2D eigenvalue weighted by molar-refractivity contribution is 5.31. The van der Waals surface area contributed by atoms with E-state index >= 15 is 0 Å². The molecule has 0 radical (unpaired) electrons. The maximum absolute atomic E-state index is 12.0. The number of alkyl halides is 1. The van der Waals surface area contributed by atoms with Crippen molar-refractivity contribution >= 4 is 0 Å². The molecule has 0 saturated carbocycles. The zero-order chi connectivity index (χ0) is 8.97. The summed E-state index contributed by atoms with van der Waals surface area (Å²) in [4.78, 5) is 0. The molecule has 3 heteroatoms. The highest BCUT2D eigenvalue weighted by Gasteiger charge is 2.02. The molecule has 0 fully saturated rings. The third kappa shape index (κ3) is 2.42. The molecule has 1 N–H and O–H groups in total. The molecule has 0 aliphatic heterocycles. The van der Waals surface area contributed by atoms with Crippen molar-refractivity contribution in [3.8, 4) is 11.5 Å². The summed E-state index contributed by atoms with van der Waals surface area (Å²) in [6.45, 7) is 1.10. The number of rotatable bonds is 3. The molecule has 0 heterocycles. The summed E-state index contributed by atoms with van der Waals surface area (Å²) in [6.07, 6.45) is -0.466. The molecule has 0 aliphatic carbocycles. The number of ether oxygens (including phenoxy) is 1. The van der Waals surface area contributed by atoms with Gasteiger partial charge in [-0.05, 0) is 19.1 Å². The van der Waals surface area contributed by atoms with Crippen LogP contribution in [0.2, 0.25) is 0 Å². The van der Waals surface area contributed by atoms with Gasteiger partial charge in [0.05, 0.1) is 0 Å². The maximum Gasteiger partial charge on any atom is 0.126 e. The first-order valence-electron chi connectivity index (χ1n) is 3.74. The van der Waals surface area contributed by atoms with Gasteiger partial charge in [-0.3, -0.25) is 0 Å². The molecule has 1 aromatic carbocycles. The number of phenols is 1. The second-order valence-electron chi connectivity index (χ2n) is 2.58. The van der Waals surface area contributed by atoms with Crippen LogP contribution in [0.4, 0.5) is 4.39 Å². The molecule has 0 aromatic heterocycles. The van der Waals surface area contributed by atoms with Crippen LogP contribution in [0.3, 0.4) is 0 Å². The molecule has 0 bridgehead atoms. The molecule has 0 aliphatic rings. The Morgan fingerprint density at radius 2 is 2.33 bits per heavy atom. The van der Waals surface area contributed by atoms with Crippen molar-refractivity contribution in [1.82, 2.24) is 0 Å². The third-order valence-electron chi connectivity index (χ3n) is 1.37. The fraction of sp³-hybridized carbons (Fsp3) is 0.333. The van der Waals surface area contributed by atoms with Crippen molar-refractivity contribution in [3.05, 3.63) is 24.3 Å². The zero-order valence-corrected chi connectivity index (χ0v) is 6.83. The lowest BCUT2D eigenvalue weighted by atomic mass is 10.3. The van der Waals surface area contributed by atoms with Crippen molar-refractivity contribution < 1.29 is 14.2 Å². The summed E-state index contributed by atoms with van der Waals surface area (Å²) < 4.78 is 17.1. The van der Waals surface area contributed by atoms with E-state index in [0.717, 1.165) is 0 Å². The predicted molar refractivity (Wildman–Crippen MR) is 44.2 cm³/mol. The molecule has 1 rings (SSSR count). The number of halogens is 1. The predicted octanol–water partition coefficient (Wildman–Crippen LogP) is 2.13. The number of benzene rings is 1. The number of hydrogen-bond donors (Lipinski definition) is 1. The Morgan fingerprint density at radius 1 is 1.58 bits per heavy atom. The molecular formula is C9H11FO2. The van der Waals surface area contributed by atoms with Gasteiger partial charge in [0.1, 0.15) is 24.3 Å². The molecule has 0 saturated heterocycles. The fourth-order valence-corrected chi connectivity index (χ4v) is 0.821. The normalized spacial score (nSPS) is 12.5. The molecule has 0 amide bonds. The number of aromatic hydroxyl groups is 1. The van der Waals surface area contributed by atoms with E-state index in [-0.39, 0.29) is 5.75 Å². The Labute approximate surface area is 70.6 Å². The maximum atomic E-state index is 12.0. The van der Waals surface area contributed by atoms with Crippen LogP contribution >= 0.6 is 0 Å². The van der Waals surface area contributed by atoms with Gasteiger partial charge in [0, 0.05) is 6.07 Å². The molecule has 2 nitrogen and oxygen atoms in total. The summed E-state index contributed by atoms with van der Waals surface area (Å²) >= 11 is 0. The van der Waals surface area contributed by atoms with Gasteiger partial charge in [0.25, 0.3) is 0 Å². The molecular weight excluding hydrogens is 159 g/mol. The van der Waals surface area contributed by atoms with E-state index in [1.54, 1.807) is 19.1 Å². The van der Waals surface area contributed by atoms with Gasteiger partial charge in [-0.15, -0.1) is 0 Å². The Bertz CT molecular complexity index is 250. The first-order valence-corrected chi connectivity index (χ1v) is 3.74. The summed E-state index contributed by atoms with van der Waals surface area (Å²) in [5.41, 5.74) is 0. The van der Waals surface area contributed by atoms with Gasteiger partial charge < -0.3 is 9.84 Å². The average Bonchev–Trinajstić information content (AvgIpc) is 2.04. The van der Waals surface area contributed by atoms with Gasteiger partial charge >= 0.3 is 0 Å². The average molecular weight is 170 g/mol. The minimum absolute atomic E-state index is 0.124. The second kappa shape index (κ2) is 3.95. The summed E-state index contributed by atoms with van der Waals surface area (Å²) in [5, 5.41) is 9.02. The van der Waals surface area contributed by atoms with Crippen LogP contribution in [0.15, 0.2) is 24.3 Å². The number of hydrogen-bond acceptors (Lipinski definition) is 2. The van der Waals surface area contributed by atoms with Crippen LogP contribution in [0.25, 0.3) is 0 Å². The molecule has 1 atom stereocenters. The van der Waals surface area contributed by atoms with E-state index in [9.17, 15) is 4.39 Å². The highest BCUT2D eigenvalue weighted by atomic mass is 19.1. The quantitative estimate of drug-likeness (QED) is 0.752. The van der Waals surface area contributed by atoms with E-state index in [2.05, 4.69) is 0 Å². The Hall–Kier alpha value is -1.25. The lowest BCUT2D eigenvalue weighted by Gasteiger charge is -2.10. The molecule has 12 heavy (non-hydrogen) atoms. The summed E-state index contributed by atoms with van der Waals surface area (Å²) in [7, 11) is 0. The minimum Gasteiger partial charge on any atom is -0.508 e. The lowest BCUT2D eigenvalue weighted by Crippen LogP contribution is -2.13. The minimum atomic E-state index is -0.532. The van der Waals surface area contributed by atoms with Crippen LogP contribution in [0.1, 0.15) is 6.92 Å². The van der Waals surface area contributed by atoms with Crippen molar-refractivity contribution in [1.29, 1.82) is 0 Å². The lowest BCUT2D eigenvalue weighted by molar-refractivity contribution is 0.181. The van der Waals surface area contributed by atoms with E-state index < -0.39 is 12.8 Å². The largest absolute Gasteiger partial charge is 0.508 e. The number of phenolic OH excluding ortho intramolecular Hbond substituents is 1. The topological polar surface area (TPSA) is 29.5 Å². The molecule has 1 aromatic rings. The van der Waals surface area contributed by atoms with E-state index in [4.69, 9.17) is 9.84 Å². The van der Waals surface area contributed by atoms with Crippen molar-refractivity contribution in [2.45, 2.75) is 13.0 Å². The van der Waals surface area contributed by atoms with Gasteiger partial charge in [0.2, 0.25) is 0 Å². The Kier molecular flexibility index (Phi) is 2.91. The Morgan fingerprint density at radius 3 is 2.92 bits per heavy atom. The summed E-state index contributed by atoms with van der Waals surface area (Å²) in [6, 6.07) is 6.31. The van der Waals surface area contributed by atoms with Crippen LogP contribution in [-0.4, -0.2) is 17.9 Å². The van der Waals surface area contributed by atoms with Gasteiger partial charge in [-0.25, -0.2) is 4.39 Å². The van der Waals surface area contributed by atoms with E-state index in [1.807, 2.05) is 0 Å². The SMILES string of the molecule is CC(CF)Oc1cccc(O)c1. The van der Waals surface area contributed by atoms with Crippen LogP contribution in [0, 0.1) is 0 Å². The molecule has 1 unspecified atom stereocenters. The van der Waals surface area contributed by atoms with Crippen molar-refractivity contribution in [2.24, 2.45) is 0 Å². The fourth-order valence-electron chi connectivity index (χ4n) is 0.821. The second-order valence-corrected chi connectivity index (χ2v) is 2.58. The van der Waals surface area contributed by atoms with Crippen LogP contribution in [0.5, 0.6) is 11.5 Å². The van der Waals surface area contributed by atoms with E-state index in [0.29, 0.717) is 5.75 Å². The molecule has 66 valence electrons. The standard InChI is InChI=1S/C9H11FO2/c1-7(6-10)12-9-4-2-3-8(11)5-9/h2-5,7,11H,6H2,1H3. The van der Waals surface area contributed by atoms with Crippen LogP contribution in [-0.2, 0) is 0 Å². The monoisotopic (exact) mass is 170 g/mol. The van der Waals surface area contributed by atoms with Crippen molar-refractivity contribution in [2.75, 3.05) is 6.67 Å². The van der Waals surface area contributed by atoms with Crippen LogP contribution < -0.4 is 4.74 Å².